The molecule has 26 heavy (non-hydrogen) atoms. The van der Waals surface area contributed by atoms with E-state index in [4.69, 9.17) is 5.73 Å². The van der Waals surface area contributed by atoms with E-state index in [1.807, 2.05) is 12.3 Å². The highest BCUT2D eigenvalue weighted by Gasteiger charge is 2.34. The molecule has 4 rings (SSSR count). The average molecular weight is 372 g/mol. The Hall–Kier alpha value is -2.65. The fourth-order valence-electron chi connectivity index (χ4n) is 3.38. The van der Waals surface area contributed by atoms with Crippen LogP contribution in [-0.2, 0) is 10.0 Å². The molecule has 0 unspecified atom stereocenters. The van der Waals surface area contributed by atoms with Crippen molar-refractivity contribution >= 4 is 32.6 Å². The molecule has 8 nitrogen and oxygen atoms in total. The molecule has 0 saturated carbocycles. The number of H-pyrrole nitrogens is 1. The summed E-state index contributed by atoms with van der Waals surface area (Å²) in [5.74, 6) is 0.827. The van der Waals surface area contributed by atoms with Crippen LogP contribution in [0.15, 0.2) is 47.8 Å². The van der Waals surface area contributed by atoms with Gasteiger partial charge in [-0.1, -0.05) is 6.07 Å². The largest absolute Gasteiger partial charge is 0.399 e. The zero-order chi connectivity index (χ0) is 18.3. The Morgan fingerprint density at radius 3 is 2.96 bits per heavy atom. The van der Waals surface area contributed by atoms with E-state index in [0.29, 0.717) is 12.2 Å². The Labute approximate surface area is 151 Å². The number of rotatable bonds is 4. The van der Waals surface area contributed by atoms with Crippen LogP contribution in [0.5, 0.6) is 0 Å². The molecule has 1 aromatic carbocycles. The van der Waals surface area contributed by atoms with Crippen molar-refractivity contribution in [1.29, 1.82) is 0 Å². The molecule has 136 valence electrons. The first kappa shape index (κ1) is 16.8. The van der Waals surface area contributed by atoms with Gasteiger partial charge in [0.15, 0.2) is 0 Å². The molecule has 0 aliphatic carbocycles. The third kappa shape index (κ3) is 2.78. The normalized spacial score (nSPS) is 18.1. The van der Waals surface area contributed by atoms with Gasteiger partial charge in [-0.05, 0) is 30.7 Å². The predicted octanol–water partition coefficient (Wildman–Crippen LogP) is 1.44. The van der Waals surface area contributed by atoms with Crippen LogP contribution >= 0.6 is 0 Å². The van der Waals surface area contributed by atoms with Gasteiger partial charge in [0.1, 0.15) is 17.8 Å². The van der Waals surface area contributed by atoms with Crippen molar-refractivity contribution < 1.29 is 8.42 Å². The van der Waals surface area contributed by atoms with E-state index in [2.05, 4.69) is 19.9 Å². The highest BCUT2D eigenvalue weighted by molar-refractivity contribution is 7.89. The highest BCUT2D eigenvalue weighted by Crippen LogP contribution is 2.29. The van der Waals surface area contributed by atoms with E-state index < -0.39 is 10.0 Å². The molecule has 1 saturated heterocycles. The first-order valence-corrected chi connectivity index (χ1v) is 9.77. The van der Waals surface area contributed by atoms with E-state index in [1.165, 1.54) is 16.7 Å². The molecule has 3 aromatic rings. The van der Waals surface area contributed by atoms with Crippen LogP contribution in [0.25, 0.3) is 11.0 Å². The fraction of sp³-hybridized carbons (Fsp3) is 0.294. The summed E-state index contributed by atoms with van der Waals surface area (Å²) in [7, 11) is -1.97. The van der Waals surface area contributed by atoms with Gasteiger partial charge in [-0.25, -0.2) is 18.4 Å². The Balaban J connectivity index is 1.58. The van der Waals surface area contributed by atoms with Crippen molar-refractivity contribution in [3.8, 4) is 0 Å². The Morgan fingerprint density at radius 1 is 1.31 bits per heavy atom. The van der Waals surface area contributed by atoms with Gasteiger partial charge in [-0.15, -0.1) is 0 Å². The molecule has 0 spiro atoms. The summed E-state index contributed by atoms with van der Waals surface area (Å²) < 4.78 is 27.3. The summed E-state index contributed by atoms with van der Waals surface area (Å²) in [6.45, 7) is 1.31. The minimum atomic E-state index is -3.59. The molecular weight excluding hydrogens is 352 g/mol. The smallest absolute Gasteiger partial charge is 0.243 e. The molecule has 3 heterocycles. The maximum Gasteiger partial charge on any atom is 0.243 e. The number of benzene rings is 1. The zero-order valence-corrected chi connectivity index (χ0v) is 15.1. The Morgan fingerprint density at radius 2 is 2.15 bits per heavy atom. The number of hydrogen-bond acceptors (Lipinski definition) is 6. The number of nitrogens with one attached hydrogen (secondary N) is 1. The predicted molar refractivity (Wildman–Crippen MR) is 100 cm³/mol. The first-order valence-electron chi connectivity index (χ1n) is 8.33. The molecule has 0 bridgehead atoms. The Bertz CT molecular complexity index is 1050. The van der Waals surface area contributed by atoms with Crippen molar-refractivity contribution in [1.82, 2.24) is 19.3 Å². The van der Waals surface area contributed by atoms with Crippen molar-refractivity contribution in [3.05, 3.63) is 42.9 Å². The maximum absolute atomic E-state index is 12.9. The monoisotopic (exact) mass is 372 g/mol. The lowest BCUT2D eigenvalue weighted by atomic mass is 10.3. The molecule has 1 atom stereocenters. The van der Waals surface area contributed by atoms with E-state index in [9.17, 15) is 8.42 Å². The summed E-state index contributed by atoms with van der Waals surface area (Å²) in [4.78, 5) is 14.0. The topological polar surface area (TPSA) is 108 Å². The van der Waals surface area contributed by atoms with Gasteiger partial charge in [0, 0.05) is 38.1 Å². The van der Waals surface area contributed by atoms with Gasteiger partial charge < -0.3 is 15.6 Å². The van der Waals surface area contributed by atoms with Crippen LogP contribution in [0, 0.1) is 0 Å². The minimum Gasteiger partial charge on any atom is -0.399 e. The minimum absolute atomic E-state index is 0.134. The van der Waals surface area contributed by atoms with Gasteiger partial charge in [0.25, 0.3) is 0 Å². The number of hydrogen-bond donors (Lipinski definition) is 2. The lowest BCUT2D eigenvalue weighted by Crippen LogP contribution is -2.39. The van der Waals surface area contributed by atoms with Crippen molar-refractivity contribution in [2.24, 2.45) is 0 Å². The standard InChI is InChI=1S/C17H20N6O2S/c1-22(26(24,25)14-4-2-3-12(18)9-14)13-6-8-23(10-13)17-15-5-7-19-16(15)20-11-21-17/h2-5,7,9,11,13H,6,8,10,18H2,1H3,(H,19,20,21)/t13-/m1/s1. The number of nitrogens with two attached hydrogens (primary N) is 1. The molecule has 2 aromatic heterocycles. The van der Waals surface area contributed by atoms with Gasteiger partial charge in [0.2, 0.25) is 10.0 Å². The third-order valence-electron chi connectivity index (χ3n) is 4.85. The van der Waals surface area contributed by atoms with Gasteiger partial charge in [0.05, 0.1) is 10.3 Å². The van der Waals surface area contributed by atoms with E-state index in [-0.39, 0.29) is 10.9 Å². The van der Waals surface area contributed by atoms with Crippen LogP contribution in [-0.4, -0.2) is 53.9 Å². The quantitative estimate of drug-likeness (QED) is 0.671. The lowest BCUT2D eigenvalue weighted by molar-refractivity contribution is 0.390. The second kappa shape index (κ2) is 6.26. The molecule has 1 aliphatic heterocycles. The Kier molecular flexibility index (Phi) is 4.04. The number of nitrogens with zero attached hydrogens (tertiary/aromatic N) is 4. The maximum atomic E-state index is 12.9. The number of sulfonamides is 1. The molecule has 0 amide bonds. The summed E-state index contributed by atoms with van der Waals surface area (Å²) in [6.07, 6.45) is 4.08. The van der Waals surface area contributed by atoms with E-state index in [1.54, 1.807) is 25.2 Å². The van der Waals surface area contributed by atoms with Crippen LogP contribution in [0.4, 0.5) is 11.5 Å². The lowest BCUT2D eigenvalue weighted by Gasteiger charge is -2.25. The first-order chi connectivity index (χ1) is 12.5. The molecule has 1 aliphatic rings. The molecule has 3 N–H and O–H groups in total. The molecule has 1 fully saturated rings. The summed E-state index contributed by atoms with van der Waals surface area (Å²) in [5, 5.41) is 0.939. The zero-order valence-electron chi connectivity index (χ0n) is 14.3. The second-order valence-electron chi connectivity index (χ2n) is 6.42. The van der Waals surface area contributed by atoms with Gasteiger partial charge in [-0.3, -0.25) is 0 Å². The number of anilines is 2. The van der Waals surface area contributed by atoms with E-state index >= 15 is 0 Å². The van der Waals surface area contributed by atoms with Crippen LogP contribution < -0.4 is 10.6 Å². The van der Waals surface area contributed by atoms with E-state index in [0.717, 1.165) is 29.8 Å². The SMILES string of the molecule is CN([C@@H]1CCN(c2ncnc3[nH]ccc23)C1)S(=O)(=O)c1cccc(N)c1. The van der Waals surface area contributed by atoms with Crippen LogP contribution in [0.2, 0.25) is 0 Å². The number of aromatic amines is 1. The van der Waals surface area contributed by atoms with Gasteiger partial charge in [-0.2, -0.15) is 4.31 Å². The highest BCUT2D eigenvalue weighted by atomic mass is 32.2. The molecular formula is C17H20N6O2S. The number of likely N-dealkylation sites (N-methyl/N-ethyl adjacent to an activating group) is 1. The summed E-state index contributed by atoms with van der Waals surface area (Å²) in [6, 6.07) is 8.19. The second-order valence-corrected chi connectivity index (χ2v) is 8.42. The average Bonchev–Trinajstić information content (AvgIpc) is 3.30. The fourth-order valence-corrected chi connectivity index (χ4v) is 4.81. The van der Waals surface area contributed by atoms with Crippen LogP contribution in [0.1, 0.15) is 6.42 Å². The third-order valence-corrected chi connectivity index (χ3v) is 6.75. The number of nitrogen functional groups attached to an aromatic ring is 1. The van der Waals surface area contributed by atoms with Crippen molar-refractivity contribution in [2.75, 3.05) is 30.8 Å². The molecule has 9 heteroatoms. The summed E-state index contributed by atoms with van der Waals surface area (Å²) in [5.41, 5.74) is 6.95. The van der Waals surface area contributed by atoms with Crippen molar-refractivity contribution in [3.63, 3.8) is 0 Å². The number of fused-ring (bicyclic) bond motifs is 1. The van der Waals surface area contributed by atoms with Crippen molar-refractivity contribution in [2.45, 2.75) is 17.4 Å². The van der Waals surface area contributed by atoms with Crippen LogP contribution in [0.3, 0.4) is 0 Å². The number of aromatic nitrogens is 3. The molecule has 0 radical (unpaired) electrons. The van der Waals surface area contributed by atoms with Gasteiger partial charge >= 0.3 is 0 Å². The summed E-state index contributed by atoms with van der Waals surface area (Å²) >= 11 is 0.